The first-order valence-corrected chi connectivity index (χ1v) is 8.63. The van der Waals surface area contributed by atoms with E-state index in [-0.39, 0.29) is 6.04 Å². The van der Waals surface area contributed by atoms with Crippen LogP contribution >= 0.6 is 11.8 Å². The highest BCUT2D eigenvalue weighted by molar-refractivity contribution is 7.99. The summed E-state index contributed by atoms with van der Waals surface area (Å²) in [5.74, 6) is 1.49. The zero-order chi connectivity index (χ0) is 13.7. The Morgan fingerprint density at radius 1 is 1.32 bits per heavy atom. The summed E-state index contributed by atoms with van der Waals surface area (Å²) >= 11 is 1.91. The van der Waals surface area contributed by atoms with Crippen LogP contribution in [0.25, 0.3) is 0 Å². The summed E-state index contributed by atoms with van der Waals surface area (Å²) in [7, 11) is 0. The van der Waals surface area contributed by atoms with Gasteiger partial charge in [-0.05, 0) is 38.9 Å². The molecule has 0 aromatic rings. The Morgan fingerprint density at radius 2 is 2.05 bits per heavy atom. The van der Waals surface area contributed by atoms with E-state index in [1.54, 1.807) is 0 Å². The van der Waals surface area contributed by atoms with Crippen molar-refractivity contribution in [1.29, 1.82) is 0 Å². The van der Waals surface area contributed by atoms with Gasteiger partial charge in [0.2, 0.25) is 0 Å². The van der Waals surface area contributed by atoms with Crippen molar-refractivity contribution in [3.63, 3.8) is 0 Å². The fourth-order valence-corrected chi connectivity index (χ4v) is 4.40. The van der Waals surface area contributed by atoms with Gasteiger partial charge >= 0.3 is 5.97 Å². The Balaban J connectivity index is 1.86. The molecule has 2 aliphatic heterocycles. The van der Waals surface area contributed by atoms with Gasteiger partial charge in [-0.1, -0.05) is 6.92 Å². The summed E-state index contributed by atoms with van der Waals surface area (Å²) < 4.78 is 0. The number of piperidine rings is 1. The highest BCUT2D eigenvalue weighted by Gasteiger charge is 2.32. The molecule has 1 N–H and O–H groups in total. The number of hydrogen-bond donors (Lipinski definition) is 1. The molecular weight excluding hydrogens is 260 g/mol. The van der Waals surface area contributed by atoms with Crippen molar-refractivity contribution >= 4 is 17.7 Å². The van der Waals surface area contributed by atoms with Crippen molar-refractivity contribution < 1.29 is 9.90 Å². The minimum atomic E-state index is -0.652. The maximum Gasteiger partial charge on any atom is 0.304 e. The summed E-state index contributed by atoms with van der Waals surface area (Å²) in [6.45, 7) is 6.88. The SMILES string of the molecule is CCCN1CCC(N2CCSCC2CC(=O)O)CC1. The van der Waals surface area contributed by atoms with E-state index in [0.29, 0.717) is 12.5 Å². The molecule has 0 saturated carbocycles. The summed E-state index contributed by atoms with van der Waals surface area (Å²) in [4.78, 5) is 16.0. The van der Waals surface area contributed by atoms with Crippen LogP contribution < -0.4 is 0 Å². The number of thioether (sulfide) groups is 1. The van der Waals surface area contributed by atoms with Gasteiger partial charge in [0, 0.05) is 30.1 Å². The van der Waals surface area contributed by atoms with Crippen molar-refractivity contribution in [3.05, 3.63) is 0 Å². The zero-order valence-corrected chi connectivity index (χ0v) is 12.7. The van der Waals surface area contributed by atoms with Crippen LogP contribution in [0.3, 0.4) is 0 Å². The molecule has 0 bridgehead atoms. The summed E-state index contributed by atoms with van der Waals surface area (Å²) in [5, 5.41) is 9.05. The van der Waals surface area contributed by atoms with Gasteiger partial charge in [-0.2, -0.15) is 11.8 Å². The van der Waals surface area contributed by atoms with Gasteiger partial charge < -0.3 is 10.0 Å². The molecule has 2 saturated heterocycles. The summed E-state index contributed by atoms with van der Waals surface area (Å²) in [6, 6.07) is 0.859. The Bertz CT molecular complexity index is 293. The number of nitrogens with zero attached hydrogens (tertiary/aromatic N) is 2. The monoisotopic (exact) mass is 286 g/mol. The third-order valence-electron chi connectivity index (χ3n) is 4.25. The predicted molar refractivity (Wildman–Crippen MR) is 79.8 cm³/mol. The molecule has 0 aromatic heterocycles. The maximum absolute atomic E-state index is 11.0. The van der Waals surface area contributed by atoms with Gasteiger partial charge in [-0.3, -0.25) is 9.69 Å². The lowest BCUT2D eigenvalue weighted by Gasteiger charge is -2.44. The number of aliphatic carboxylic acids is 1. The van der Waals surface area contributed by atoms with Crippen molar-refractivity contribution in [2.45, 2.75) is 44.7 Å². The van der Waals surface area contributed by atoms with E-state index in [1.165, 1.54) is 38.9 Å². The van der Waals surface area contributed by atoms with E-state index in [9.17, 15) is 4.79 Å². The molecule has 4 nitrogen and oxygen atoms in total. The van der Waals surface area contributed by atoms with Crippen molar-refractivity contribution in [2.75, 3.05) is 37.7 Å². The normalized spacial score (nSPS) is 27.5. The second kappa shape index (κ2) is 7.50. The number of carbonyl (C=O) groups is 1. The van der Waals surface area contributed by atoms with Crippen LogP contribution in [0.1, 0.15) is 32.6 Å². The second-order valence-corrected chi connectivity index (χ2v) is 6.79. The van der Waals surface area contributed by atoms with Gasteiger partial charge in [0.05, 0.1) is 6.42 Å². The van der Waals surface area contributed by atoms with Gasteiger partial charge in [-0.25, -0.2) is 0 Å². The largest absolute Gasteiger partial charge is 0.481 e. The third-order valence-corrected chi connectivity index (χ3v) is 5.34. The van der Waals surface area contributed by atoms with E-state index < -0.39 is 5.97 Å². The lowest BCUT2D eigenvalue weighted by Crippen LogP contribution is -2.53. The molecule has 5 heteroatoms. The van der Waals surface area contributed by atoms with E-state index in [0.717, 1.165) is 18.1 Å². The first kappa shape index (κ1) is 15.1. The fourth-order valence-electron chi connectivity index (χ4n) is 3.32. The zero-order valence-electron chi connectivity index (χ0n) is 11.9. The number of likely N-dealkylation sites (tertiary alicyclic amines) is 1. The predicted octanol–water partition coefficient (Wildman–Crippen LogP) is 1.75. The van der Waals surface area contributed by atoms with Crippen LogP contribution in [0.15, 0.2) is 0 Å². The van der Waals surface area contributed by atoms with Crippen molar-refractivity contribution in [1.82, 2.24) is 9.80 Å². The first-order valence-electron chi connectivity index (χ1n) is 7.48. The van der Waals surface area contributed by atoms with Crippen molar-refractivity contribution in [3.8, 4) is 0 Å². The Labute approximate surface area is 120 Å². The van der Waals surface area contributed by atoms with Crippen LogP contribution in [-0.4, -0.2) is 70.6 Å². The molecule has 0 aliphatic carbocycles. The number of rotatable bonds is 5. The number of hydrogen-bond acceptors (Lipinski definition) is 4. The summed E-state index contributed by atoms with van der Waals surface area (Å²) in [6.07, 6.45) is 3.95. The highest BCUT2D eigenvalue weighted by atomic mass is 32.2. The van der Waals surface area contributed by atoms with Crippen LogP contribution in [0.4, 0.5) is 0 Å². The standard InChI is InChI=1S/C14H26N2O2S/c1-2-5-15-6-3-12(4-7-15)16-8-9-19-11-13(16)10-14(17)18/h12-13H,2-11H2,1H3,(H,17,18). The Hall–Kier alpha value is -0.260. The quantitative estimate of drug-likeness (QED) is 0.834. The minimum absolute atomic E-state index is 0.249. The molecule has 0 radical (unpaired) electrons. The fraction of sp³-hybridized carbons (Fsp3) is 0.929. The van der Waals surface area contributed by atoms with E-state index >= 15 is 0 Å². The van der Waals surface area contributed by atoms with Crippen molar-refractivity contribution in [2.24, 2.45) is 0 Å². The first-order chi connectivity index (χ1) is 9.20. The van der Waals surface area contributed by atoms with Gasteiger partial charge in [0.15, 0.2) is 0 Å². The summed E-state index contributed by atoms with van der Waals surface area (Å²) in [5.41, 5.74) is 0. The smallest absolute Gasteiger partial charge is 0.304 e. The molecule has 2 heterocycles. The van der Waals surface area contributed by atoms with Gasteiger partial charge in [0.25, 0.3) is 0 Å². The van der Waals surface area contributed by atoms with Gasteiger partial charge in [-0.15, -0.1) is 0 Å². The molecule has 19 heavy (non-hydrogen) atoms. The Kier molecular flexibility index (Phi) is 5.98. The second-order valence-electron chi connectivity index (χ2n) is 5.64. The molecule has 1 atom stereocenters. The molecule has 2 rings (SSSR count). The molecule has 0 aromatic carbocycles. The van der Waals surface area contributed by atoms with E-state index in [4.69, 9.17) is 5.11 Å². The molecule has 2 fully saturated rings. The maximum atomic E-state index is 11.0. The van der Waals surface area contributed by atoms with Crippen LogP contribution in [0.2, 0.25) is 0 Å². The van der Waals surface area contributed by atoms with E-state index in [1.807, 2.05) is 11.8 Å². The molecule has 0 spiro atoms. The number of carboxylic acid groups (broad SMARTS) is 1. The average molecular weight is 286 g/mol. The third kappa shape index (κ3) is 4.36. The van der Waals surface area contributed by atoms with E-state index in [2.05, 4.69) is 16.7 Å². The van der Waals surface area contributed by atoms with Crippen LogP contribution in [0.5, 0.6) is 0 Å². The minimum Gasteiger partial charge on any atom is -0.481 e. The Morgan fingerprint density at radius 3 is 2.68 bits per heavy atom. The lowest BCUT2D eigenvalue weighted by molar-refractivity contribution is -0.138. The van der Waals surface area contributed by atoms with Gasteiger partial charge in [0.1, 0.15) is 0 Å². The molecule has 2 aliphatic rings. The number of carboxylic acids is 1. The highest BCUT2D eigenvalue weighted by Crippen LogP contribution is 2.26. The lowest BCUT2D eigenvalue weighted by atomic mass is 10.00. The molecule has 0 amide bonds. The average Bonchev–Trinajstić information content (AvgIpc) is 2.40. The molecule has 110 valence electrons. The van der Waals surface area contributed by atoms with Crippen LogP contribution in [-0.2, 0) is 4.79 Å². The van der Waals surface area contributed by atoms with Crippen LogP contribution in [0, 0.1) is 0 Å². The topological polar surface area (TPSA) is 43.8 Å². The molecule has 1 unspecified atom stereocenters. The molecular formula is C14H26N2O2S.